The third kappa shape index (κ3) is 8.76. The van der Waals surface area contributed by atoms with E-state index in [2.05, 4.69) is 51.8 Å². The largest absolute Gasteiger partial charge is 0.354 e. The van der Waals surface area contributed by atoms with Crippen molar-refractivity contribution < 1.29 is 9.53 Å². The minimum Gasteiger partial charge on any atom is -0.354 e. The Morgan fingerprint density at radius 2 is 1.89 bits per heavy atom. The first kappa shape index (κ1) is 29.0. The second-order valence-corrected chi connectivity index (χ2v) is 11.7. The van der Waals surface area contributed by atoms with E-state index in [0.717, 1.165) is 38.5 Å². The Hall–Kier alpha value is -2.19. The number of H-pyrrole nitrogens is 1. The topological polar surface area (TPSA) is 119 Å². The molecule has 4 N–H and O–H groups in total. The summed E-state index contributed by atoms with van der Waals surface area (Å²) in [7, 11) is 0. The lowest BCUT2D eigenvalue weighted by Crippen LogP contribution is -2.33. The Morgan fingerprint density at radius 3 is 2.51 bits per heavy atom. The standard InChI is InChI=1S/C27H46N4O4/c1-7-27(5,6)20-16-23(35-21(20)17-26(2,3)4)31-18-19(24(33)30-25(31)34)12-13-22(32)29-15-11-9-8-10-14-28/h12-13,18,20-21,23H,7-11,14-17,28H2,1-6H3,(H,29,32)(H,30,33,34)/b13-12+/t20-,21?,23-/m1/s1. The van der Waals surface area contributed by atoms with Crippen LogP contribution in [-0.4, -0.2) is 34.7 Å². The van der Waals surface area contributed by atoms with Gasteiger partial charge >= 0.3 is 5.69 Å². The Kier molecular flexibility index (Phi) is 10.5. The van der Waals surface area contributed by atoms with Crippen molar-refractivity contribution in [2.75, 3.05) is 13.1 Å². The van der Waals surface area contributed by atoms with Crippen LogP contribution in [0.1, 0.15) is 98.3 Å². The maximum absolute atomic E-state index is 12.7. The molecule has 1 aliphatic heterocycles. The van der Waals surface area contributed by atoms with E-state index in [4.69, 9.17) is 10.5 Å². The van der Waals surface area contributed by atoms with Gasteiger partial charge in [-0.15, -0.1) is 0 Å². The molecular weight excluding hydrogens is 444 g/mol. The third-order valence-corrected chi connectivity index (χ3v) is 7.11. The molecule has 1 amide bonds. The van der Waals surface area contributed by atoms with Gasteiger partial charge in [0.15, 0.2) is 0 Å². The Balaban J connectivity index is 2.16. The van der Waals surface area contributed by atoms with Crippen molar-refractivity contribution in [2.24, 2.45) is 22.5 Å². The first-order valence-corrected chi connectivity index (χ1v) is 13.0. The molecule has 198 valence electrons. The highest BCUT2D eigenvalue weighted by Crippen LogP contribution is 2.48. The molecule has 0 aliphatic carbocycles. The molecule has 0 aromatic carbocycles. The van der Waals surface area contributed by atoms with Gasteiger partial charge in [0.1, 0.15) is 6.23 Å². The number of aromatic nitrogens is 2. The first-order valence-electron chi connectivity index (χ1n) is 13.0. The molecule has 2 heterocycles. The minimum atomic E-state index is -0.522. The van der Waals surface area contributed by atoms with E-state index in [1.54, 1.807) is 0 Å². The molecule has 8 nitrogen and oxygen atoms in total. The second-order valence-electron chi connectivity index (χ2n) is 11.7. The summed E-state index contributed by atoms with van der Waals surface area (Å²) in [5.74, 6) is 0.0123. The molecular formula is C27H46N4O4. The molecule has 1 aromatic heterocycles. The molecule has 1 saturated heterocycles. The number of unbranched alkanes of at least 4 members (excludes halogenated alkanes) is 3. The van der Waals surface area contributed by atoms with E-state index < -0.39 is 17.5 Å². The number of hydrogen-bond donors (Lipinski definition) is 3. The SMILES string of the molecule is CCC(C)(C)[C@@H]1C[C@H](n2cc(/C=C/C(=O)NCCCCCCN)c(=O)[nH]c2=O)OC1CC(C)(C)C. The van der Waals surface area contributed by atoms with Gasteiger partial charge in [-0.25, -0.2) is 4.79 Å². The molecule has 35 heavy (non-hydrogen) atoms. The van der Waals surface area contributed by atoms with Crippen LogP contribution in [0.25, 0.3) is 6.08 Å². The van der Waals surface area contributed by atoms with Crippen molar-refractivity contribution in [3.63, 3.8) is 0 Å². The van der Waals surface area contributed by atoms with E-state index in [1.807, 2.05) is 0 Å². The molecule has 0 radical (unpaired) electrons. The maximum Gasteiger partial charge on any atom is 0.330 e. The van der Waals surface area contributed by atoms with Crippen LogP contribution in [0.15, 0.2) is 21.9 Å². The van der Waals surface area contributed by atoms with Crippen LogP contribution in [0.2, 0.25) is 0 Å². The first-order chi connectivity index (χ1) is 16.4. The number of carbonyl (C=O) groups excluding carboxylic acids is 1. The number of nitrogens with zero attached hydrogens (tertiary/aromatic N) is 1. The number of aromatic amines is 1. The number of rotatable bonds is 12. The van der Waals surface area contributed by atoms with Crippen LogP contribution < -0.4 is 22.3 Å². The van der Waals surface area contributed by atoms with Crippen molar-refractivity contribution in [1.29, 1.82) is 0 Å². The molecule has 0 saturated carbocycles. The monoisotopic (exact) mass is 490 g/mol. The van der Waals surface area contributed by atoms with Gasteiger partial charge in [-0.2, -0.15) is 0 Å². The molecule has 2 rings (SSSR count). The van der Waals surface area contributed by atoms with Crippen LogP contribution in [0, 0.1) is 16.7 Å². The van der Waals surface area contributed by atoms with E-state index in [1.165, 1.54) is 22.9 Å². The number of hydrogen-bond acceptors (Lipinski definition) is 5. The van der Waals surface area contributed by atoms with Gasteiger partial charge in [-0.05, 0) is 55.1 Å². The lowest BCUT2D eigenvalue weighted by molar-refractivity contribution is -0.116. The summed E-state index contributed by atoms with van der Waals surface area (Å²) in [6, 6.07) is 0. The van der Waals surface area contributed by atoms with Gasteiger partial charge < -0.3 is 15.8 Å². The number of carbonyl (C=O) groups is 1. The molecule has 0 spiro atoms. The zero-order valence-electron chi connectivity index (χ0n) is 22.5. The van der Waals surface area contributed by atoms with E-state index in [0.29, 0.717) is 19.5 Å². The normalized spacial score (nSPS) is 21.1. The van der Waals surface area contributed by atoms with Gasteiger partial charge in [0, 0.05) is 18.8 Å². The van der Waals surface area contributed by atoms with Gasteiger partial charge in [0.25, 0.3) is 5.56 Å². The lowest BCUT2D eigenvalue weighted by Gasteiger charge is -2.36. The highest BCUT2D eigenvalue weighted by atomic mass is 16.5. The Morgan fingerprint density at radius 1 is 1.20 bits per heavy atom. The van der Waals surface area contributed by atoms with Crippen LogP contribution in [0.4, 0.5) is 0 Å². The molecule has 1 aromatic rings. The average Bonchev–Trinajstić information content (AvgIpc) is 3.18. The van der Waals surface area contributed by atoms with Crippen LogP contribution in [-0.2, 0) is 9.53 Å². The van der Waals surface area contributed by atoms with Crippen LogP contribution in [0.5, 0.6) is 0 Å². The zero-order valence-corrected chi connectivity index (χ0v) is 22.5. The van der Waals surface area contributed by atoms with E-state index >= 15 is 0 Å². The highest BCUT2D eigenvalue weighted by Gasteiger charge is 2.45. The van der Waals surface area contributed by atoms with Crippen LogP contribution in [0.3, 0.4) is 0 Å². The molecule has 3 atom stereocenters. The minimum absolute atomic E-state index is 0.0170. The predicted molar refractivity (Wildman–Crippen MR) is 141 cm³/mol. The second kappa shape index (κ2) is 12.7. The van der Waals surface area contributed by atoms with Gasteiger partial charge in [-0.1, -0.05) is 60.8 Å². The number of nitrogens with two attached hydrogens (primary N) is 1. The summed E-state index contributed by atoms with van der Waals surface area (Å²) in [5.41, 5.74) is 4.86. The number of ether oxygens (including phenoxy) is 1. The summed E-state index contributed by atoms with van der Waals surface area (Å²) in [4.78, 5) is 39.7. The fourth-order valence-electron chi connectivity index (χ4n) is 4.67. The molecule has 1 unspecified atom stereocenters. The Bertz CT molecular complexity index is 971. The summed E-state index contributed by atoms with van der Waals surface area (Å²) >= 11 is 0. The highest BCUT2D eigenvalue weighted by molar-refractivity contribution is 5.91. The third-order valence-electron chi connectivity index (χ3n) is 7.11. The quantitative estimate of drug-likeness (QED) is 0.303. The number of nitrogens with one attached hydrogen (secondary N) is 2. The smallest absolute Gasteiger partial charge is 0.330 e. The Labute approximate surface area is 209 Å². The van der Waals surface area contributed by atoms with Crippen molar-refractivity contribution in [2.45, 2.75) is 98.8 Å². The van der Waals surface area contributed by atoms with Crippen molar-refractivity contribution in [3.8, 4) is 0 Å². The van der Waals surface area contributed by atoms with Crippen molar-refractivity contribution >= 4 is 12.0 Å². The zero-order chi connectivity index (χ0) is 26.2. The van der Waals surface area contributed by atoms with Gasteiger partial charge in [0.2, 0.25) is 5.91 Å². The molecule has 8 heteroatoms. The average molecular weight is 491 g/mol. The molecule has 1 aliphatic rings. The summed E-state index contributed by atoms with van der Waals surface area (Å²) in [5, 5.41) is 2.82. The van der Waals surface area contributed by atoms with E-state index in [9.17, 15) is 14.4 Å². The fraction of sp³-hybridized carbons (Fsp3) is 0.741. The van der Waals surface area contributed by atoms with Gasteiger partial charge in [0.05, 0.1) is 11.7 Å². The van der Waals surface area contributed by atoms with E-state index in [-0.39, 0.29) is 34.3 Å². The van der Waals surface area contributed by atoms with Crippen molar-refractivity contribution in [1.82, 2.24) is 14.9 Å². The molecule has 0 bridgehead atoms. The fourth-order valence-corrected chi connectivity index (χ4v) is 4.67. The summed E-state index contributed by atoms with van der Waals surface area (Å²) < 4.78 is 7.92. The number of amides is 1. The maximum atomic E-state index is 12.7. The van der Waals surface area contributed by atoms with Crippen molar-refractivity contribution in [3.05, 3.63) is 38.7 Å². The predicted octanol–water partition coefficient (Wildman–Crippen LogP) is 3.96. The molecule has 1 fully saturated rings. The summed E-state index contributed by atoms with van der Waals surface area (Å²) in [6.07, 6.45) is 10.4. The van der Waals surface area contributed by atoms with Gasteiger partial charge in [-0.3, -0.25) is 19.1 Å². The van der Waals surface area contributed by atoms with Crippen LogP contribution >= 0.6 is 0 Å². The lowest BCUT2D eigenvalue weighted by atomic mass is 9.70. The summed E-state index contributed by atoms with van der Waals surface area (Å²) in [6.45, 7) is 14.5.